The molecule has 0 saturated carbocycles. The first-order chi connectivity index (χ1) is 18.5. The van der Waals surface area contributed by atoms with Gasteiger partial charge in [-0.2, -0.15) is 0 Å². The Bertz CT molecular complexity index is 1260. The van der Waals surface area contributed by atoms with Crippen LogP contribution in [0.25, 0.3) is 0 Å². The fourth-order valence-electron chi connectivity index (χ4n) is 4.06. The lowest BCUT2D eigenvalue weighted by atomic mass is 10.0. The van der Waals surface area contributed by atoms with E-state index in [1.807, 2.05) is 0 Å². The van der Waals surface area contributed by atoms with Crippen molar-refractivity contribution in [3.8, 4) is 11.5 Å². The number of aliphatic carboxylic acids is 1. The molecule has 1 heterocycles. The zero-order valence-corrected chi connectivity index (χ0v) is 22.4. The number of aryl methyl sites for hydroxylation is 1. The second-order valence-corrected chi connectivity index (χ2v) is 9.98. The maximum Gasteiger partial charge on any atom is 0.305 e. The third kappa shape index (κ3) is 9.39. The number of carboxylic acids is 1. The van der Waals surface area contributed by atoms with Gasteiger partial charge in [0.1, 0.15) is 11.5 Å². The lowest BCUT2D eigenvalue weighted by Crippen LogP contribution is -2.39. The van der Waals surface area contributed by atoms with Gasteiger partial charge in [-0.1, -0.05) is 23.2 Å². The van der Waals surface area contributed by atoms with E-state index in [2.05, 4.69) is 20.9 Å². The van der Waals surface area contributed by atoms with Gasteiger partial charge >= 0.3 is 5.97 Å². The molecule has 11 nitrogen and oxygen atoms in total. The molecule has 1 unspecified atom stereocenters. The summed E-state index contributed by atoms with van der Waals surface area (Å²) in [5, 5.41) is 47.6. The SMILES string of the molecule is O=C(O)C[C@H](NC(=O)CNC(=O)c1cc(O)cc(CCC2=NCC(O)CCNC2)c1)c1cc(Cl)cc(Cl)c1O. The number of hydrogen-bond donors (Lipinski definition) is 7. The Morgan fingerprint density at radius 3 is 2.62 bits per heavy atom. The molecule has 1 aliphatic rings. The highest BCUT2D eigenvalue weighted by atomic mass is 35.5. The van der Waals surface area contributed by atoms with E-state index in [-0.39, 0.29) is 26.9 Å². The third-order valence-corrected chi connectivity index (χ3v) is 6.51. The first kappa shape index (κ1) is 30.2. The van der Waals surface area contributed by atoms with Gasteiger partial charge in [-0.3, -0.25) is 19.4 Å². The Morgan fingerprint density at radius 2 is 1.87 bits per heavy atom. The number of carboxylic acid groups (broad SMARTS) is 1. The zero-order valence-electron chi connectivity index (χ0n) is 20.9. The van der Waals surface area contributed by atoms with Crippen molar-refractivity contribution in [3.05, 3.63) is 57.1 Å². The molecule has 0 fully saturated rings. The minimum absolute atomic E-state index is 0.0193. The van der Waals surface area contributed by atoms with Crippen molar-refractivity contribution in [2.24, 2.45) is 4.99 Å². The molecule has 39 heavy (non-hydrogen) atoms. The van der Waals surface area contributed by atoms with Gasteiger partial charge in [-0.05, 0) is 61.7 Å². The lowest BCUT2D eigenvalue weighted by Gasteiger charge is -2.19. The predicted octanol–water partition coefficient (Wildman–Crippen LogP) is 2.19. The first-order valence-electron chi connectivity index (χ1n) is 12.2. The average molecular weight is 581 g/mol. The van der Waals surface area contributed by atoms with E-state index >= 15 is 0 Å². The third-order valence-electron chi connectivity index (χ3n) is 6.01. The average Bonchev–Trinajstić information content (AvgIpc) is 2.85. The van der Waals surface area contributed by atoms with Crippen molar-refractivity contribution < 1.29 is 34.8 Å². The number of aliphatic imine (C=N–C) groups is 1. The number of amides is 2. The van der Waals surface area contributed by atoms with Gasteiger partial charge in [0.2, 0.25) is 5.91 Å². The highest BCUT2D eigenvalue weighted by Gasteiger charge is 2.23. The molecular formula is C26H30Cl2N4O7. The summed E-state index contributed by atoms with van der Waals surface area (Å²) in [6.07, 6.45) is 0.637. The van der Waals surface area contributed by atoms with Crippen LogP contribution in [0.1, 0.15) is 46.8 Å². The number of rotatable bonds is 10. The van der Waals surface area contributed by atoms with E-state index in [9.17, 15) is 34.8 Å². The van der Waals surface area contributed by atoms with E-state index in [0.29, 0.717) is 44.5 Å². The number of carbonyl (C=O) groups is 3. The Hall–Kier alpha value is -3.38. The van der Waals surface area contributed by atoms with E-state index in [1.165, 1.54) is 24.3 Å². The second kappa shape index (κ2) is 14.1. The van der Waals surface area contributed by atoms with Gasteiger partial charge in [0.05, 0.1) is 36.7 Å². The Labute approximate surface area is 234 Å². The van der Waals surface area contributed by atoms with E-state index in [0.717, 1.165) is 5.71 Å². The molecule has 0 saturated heterocycles. The van der Waals surface area contributed by atoms with Gasteiger partial charge in [0, 0.05) is 28.4 Å². The van der Waals surface area contributed by atoms with Gasteiger partial charge in [-0.25, -0.2) is 0 Å². The van der Waals surface area contributed by atoms with Gasteiger partial charge in [0.15, 0.2) is 0 Å². The zero-order chi connectivity index (χ0) is 28.5. The van der Waals surface area contributed by atoms with Crippen LogP contribution in [0.2, 0.25) is 10.0 Å². The lowest BCUT2D eigenvalue weighted by molar-refractivity contribution is -0.137. The maximum atomic E-state index is 12.7. The topological polar surface area (TPSA) is 181 Å². The molecule has 2 aromatic carbocycles. The summed E-state index contributed by atoms with van der Waals surface area (Å²) >= 11 is 11.9. The minimum atomic E-state index is -1.25. The van der Waals surface area contributed by atoms with Crippen LogP contribution in [0, 0.1) is 0 Å². The molecule has 3 rings (SSSR count). The van der Waals surface area contributed by atoms with Gasteiger partial charge in [0.25, 0.3) is 5.91 Å². The quantitative estimate of drug-likeness (QED) is 0.223. The van der Waals surface area contributed by atoms with Crippen molar-refractivity contribution in [3.63, 3.8) is 0 Å². The smallest absolute Gasteiger partial charge is 0.305 e. The second-order valence-electron chi connectivity index (χ2n) is 9.14. The molecule has 1 aliphatic heterocycles. The summed E-state index contributed by atoms with van der Waals surface area (Å²) < 4.78 is 0. The molecule has 2 amide bonds. The Kier molecular flexibility index (Phi) is 10.9. The van der Waals surface area contributed by atoms with Crippen molar-refractivity contribution in [1.82, 2.24) is 16.0 Å². The van der Waals surface area contributed by atoms with Crippen LogP contribution in [0.5, 0.6) is 11.5 Å². The predicted molar refractivity (Wildman–Crippen MR) is 146 cm³/mol. The fraction of sp³-hybridized carbons (Fsp3) is 0.385. The number of aliphatic hydroxyl groups excluding tert-OH is 1. The molecule has 0 bridgehead atoms. The number of aromatic hydroxyl groups is 2. The van der Waals surface area contributed by atoms with Crippen molar-refractivity contribution in [2.45, 2.75) is 37.8 Å². The number of hydrogen-bond acceptors (Lipinski definition) is 8. The number of carbonyl (C=O) groups excluding carboxylic acids is 2. The number of benzene rings is 2. The molecule has 2 aromatic rings. The van der Waals surface area contributed by atoms with E-state index in [4.69, 9.17) is 23.2 Å². The van der Waals surface area contributed by atoms with Crippen LogP contribution in [-0.2, 0) is 16.0 Å². The summed E-state index contributed by atoms with van der Waals surface area (Å²) in [5.41, 5.74) is 1.71. The summed E-state index contributed by atoms with van der Waals surface area (Å²) in [6, 6.07) is 5.80. The van der Waals surface area contributed by atoms with Crippen LogP contribution in [0.4, 0.5) is 0 Å². The summed E-state index contributed by atoms with van der Waals surface area (Å²) in [7, 11) is 0. The Morgan fingerprint density at radius 1 is 1.10 bits per heavy atom. The molecular weight excluding hydrogens is 551 g/mol. The standard InChI is InChI=1S/C26H30Cl2N4O7/c27-16-8-20(25(38)21(28)9-16)22(10-24(36)37)32-23(35)13-31-26(39)15-5-14(6-19(34)7-15)1-2-17-11-29-4-3-18(33)12-30-17/h5-9,18,22,29,33-34,38H,1-4,10-13H2,(H,31,39)(H,32,35)(H,36,37)/t18?,22-/m0/s1. The first-order valence-corrected chi connectivity index (χ1v) is 13.0. The summed E-state index contributed by atoms with van der Waals surface area (Å²) in [5.74, 6) is -3.13. The van der Waals surface area contributed by atoms with Crippen LogP contribution >= 0.6 is 23.2 Å². The Balaban J connectivity index is 1.62. The van der Waals surface area contributed by atoms with Crippen LogP contribution in [0.15, 0.2) is 35.3 Å². The molecule has 0 aliphatic carbocycles. The number of nitrogens with one attached hydrogen (secondary N) is 3. The molecule has 0 spiro atoms. The largest absolute Gasteiger partial charge is 0.508 e. The number of phenolic OH excluding ortho intramolecular Hbond substituents is 2. The van der Waals surface area contributed by atoms with Gasteiger partial charge < -0.3 is 36.4 Å². The molecule has 0 radical (unpaired) electrons. The van der Waals surface area contributed by atoms with Gasteiger partial charge in [-0.15, -0.1) is 0 Å². The molecule has 0 aromatic heterocycles. The summed E-state index contributed by atoms with van der Waals surface area (Å²) in [6.45, 7) is 1.12. The fourth-order valence-corrected chi connectivity index (χ4v) is 4.57. The highest BCUT2D eigenvalue weighted by Crippen LogP contribution is 2.36. The molecule has 7 N–H and O–H groups in total. The number of halogens is 2. The summed E-state index contributed by atoms with van der Waals surface area (Å²) in [4.78, 5) is 41.1. The van der Waals surface area contributed by atoms with Crippen molar-refractivity contribution in [1.29, 1.82) is 0 Å². The van der Waals surface area contributed by atoms with Crippen LogP contribution < -0.4 is 16.0 Å². The molecule has 13 heteroatoms. The highest BCUT2D eigenvalue weighted by molar-refractivity contribution is 6.35. The van der Waals surface area contributed by atoms with E-state index in [1.54, 1.807) is 6.07 Å². The number of nitrogens with zero attached hydrogens (tertiary/aromatic N) is 1. The van der Waals surface area contributed by atoms with E-state index < -0.39 is 48.6 Å². The van der Waals surface area contributed by atoms with Crippen LogP contribution in [-0.4, -0.2) is 76.2 Å². The molecule has 210 valence electrons. The maximum absolute atomic E-state index is 12.7. The number of aliphatic hydroxyl groups is 1. The monoisotopic (exact) mass is 580 g/mol. The van der Waals surface area contributed by atoms with Crippen molar-refractivity contribution >= 4 is 46.7 Å². The number of phenols is 2. The molecule has 2 atom stereocenters. The normalized spacial score (nSPS) is 16.4. The van der Waals surface area contributed by atoms with Crippen molar-refractivity contribution in [2.75, 3.05) is 26.2 Å². The van der Waals surface area contributed by atoms with Crippen LogP contribution in [0.3, 0.4) is 0 Å². The minimum Gasteiger partial charge on any atom is -0.508 e.